The lowest BCUT2D eigenvalue weighted by molar-refractivity contribution is -0.160. The fourth-order valence-electron chi connectivity index (χ4n) is 6.57. The molecule has 1 fully saturated rings. The van der Waals surface area contributed by atoms with Gasteiger partial charge in [0.1, 0.15) is 6.04 Å². The van der Waals surface area contributed by atoms with Crippen molar-refractivity contribution < 1.29 is 23.9 Å². The second-order valence-electron chi connectivity index (χ2n) is 10.6. The van der Waals surface area contributed by atoms with E-state index < -0.39 is 56.8 Å². The Hall–Kier alpha value is -3.10. The molecule has 7 rings (SSSR count). The first-order valence-corrected chi connectivity index (χ1v) is 14.4. The summed E-state index contributed by atoms with van der Waals surface area (Å²) in [6.07, 6.45) is 0. The lowest BCUT2D eigenvalue weighted by Crippen LogP contribution is -2.56. The van der Waals surface area contributed by atoms with Crippen LogP contribution in [0.1, 0.15) is 46.5 Å². The molecule has 3 aromatic carbocycles. The van der Waals surface area contributed by atoms with Gasteiger partial charge in [0.05, 0.1) is 20.5 Å². The van der Waals surface area contributed by atoms with Crippen LogP contribution in [-0.4, -0.2) is 41.1 Å². The smallest absolute Gasteiger partial charge is 0.330 e. The molecular weight excluding hydrogens is 626 g/mol. The van der Waals surface area contributed by atoms with Gasteiger partial charge in [-0.1, -0.05) is 125 Å². The van der Waals surface area contributed by atoms with Crippen molar-refractivity contribution in [1.29, 1.82) is 0 Å². The molecule has 6 nitrogen and oxygen atoms in total. The Balaban J connectivity index is 1.39. The van der Waals surface area contributed by atoms with Gasteiger partial charge in [0.15, 0.2) is 12.4 Å². The third-order valence-corrected chi connectivity index (χ3v) is 10.9. The van der Waals surface area contributed by atoms with E-state index in [1.807, 2.05) is 48.5 Å². The number of ketones is 1. The number of benzene rings is 3. The van der Waals surface area contributed by atoms with Gasteiger partial charge in [0.25, 0.3) is 0 Å². The number of alkyl halides is 2. The van der Waals surface area contributed by atoms with Gasteiger partial charge in [0.2, 0.25) is 11.8 Å². The second-order valence-corrected chi connectivity index (χ2v) is 13.1. The van der Waals surface area contributed by atoms with E-state index in [-0.39, 0.29) is 5.78 Å². The molecule has 198 valence electrons. The molecule has 39 heavy (non-hydrogen) atoms. The summed E-state index contributed by atoms with van der Waals surface area (Å²) >= 11 is 7.95. The zero-order valence-electron chi connectivity index (χ0n) is 21.3. The second kappa shape index (κ2) is 9.24. The predicted molar refractivity (Wildman–Crippen MR) is 151 cm³/mol. The fraction of sp³-hybridized carbons (Fsp3) is 0.290. The summed E-state index contributed by atoms with van der Waals surface area (Å²) in [6.45, 7) is 3.05. The Labute approximate surface area is 243 Å². The molecule has 4 aliphatic rings. The molecule has 0 radical (unpaired) electrons. The molecule has 3 atom stereocenters. The fourth-order valence-corrected chi connectivity index (χ4v) is 8.87. The quantitative estimate of drug-likeness (QED) is 0.156. The molecule has 0 aromatic heterocycles. The molecule has 0 spiro atoms. The van der Waals surface area contributed by atoms with Crippen LogP contribution in [0.15, 0.2) is 78.9 Å². The number of halogens is 2. The Kier molecular flexibility index (Phi) is 6.19. The molecule has 0 unspecified atom stereocenters. The van der Waals surface area contributed by atoms with Crippen molar-refractivity contribution in [2.24, 2.45) is 17.8 Å². The summed E-state index contributed by atoms with van der Waals surface area (Å²) in [6, 6.07) is 23.0. The number of hydrogen-bond donors (Lipinski definition) is 0. The van der Waals surface area contributed by atoms with Crippen LogP contribution in [0.25, 0.3) is 0 Å². The van der Waals surface area contributed by atoms with Gasteiger partial charge in [-0.3, -0.25) is 19.3 Å². The molecule has 2 amide bonds. The van der Waals surface area contributed by atoms with Gasteiger partial charge >= 0.3 is 5.97 Å². The zero-order chi connectivity index (χ0) is 27.7. The standard InChI is InChI=1S/C31H25Br2NO5/c1-17(2)26(29(38)39-16-23(35)18-10-4-3-5-11-18)34-27(36)24-25(28(34)37)31(33)20-13-7-6-12-19(20)30(24,32)21-14-8-9-15-22(21)31/h3-15,17,24-26H,16H2,1-2H3/t24-,25+,26-,30?,31?/m0/s1. The minimum atomic E-state index is -1.17. The highest BCUT2D eigenvalue weighted by Crippen LogP contribution is 2.70. The van der Waals surface area contributed by atoms with E-state index >= 15 is 0 Å². The number of imide groups is 1. The predicted octanol–water partition coefficient (Wildman–Crippen LogP) is 5.34. The van der Waals surface area contributed by atoms with Crippen molar-refractivity contribution in [3.05, 3.63) is 107 Å². The average molecular weight is 651 g/mol. The first kappa shape index (κ1) is 26.1. The largest absolute Gasteiger partial charge is 0.456 e. The Bertz CT molecular complexity index is 1410. The molecule has 3 aromatic rings. The van der Waals surface area contributed by atoms with E-state index in [9.17, 15) is 19.2 Å². The Morgan fingerprint density at radius 3 is 1.59 bits per heavy atom. The summed E-state index contributed by atoms with van der Waals surface area (Å²) in [5.74, 6) is -3.99. The maximum Gasteiger partial charge on any atom is 0.330 e. The first-order chi connectivity index (χ1) is 18.6. The van der Waals surface area contributed by atoms with Crippen LogP contribution >= 0.6 is 31.9 Å². The molecule has 3 aliphatic carbocycles. The van der Waals surface area contributed by atoms with Crippen molar-refractivity contribution in [2.45, 2.75) is 28.5 Å². The van der Waals surface area contributed by atoms with Crippen molar-refractivity contribution in [2.75, 3.05) is 6.61 Å². The molecule has 8 heteroatoms. The Morgan fingerprint density at radius 2 is 1.18 bits per heavy atom. The molecule has 0 saturated carbocycles. The molecular formula is C31H25Br2NO5. The van der Waals surface area contributed by atoms with Crippen molar-refractivity contribution >= 4 is 55.4 Å². The van der Waals surface area contributed by atoms with Crippen LogP contribution in [0.2, 0.25) is 0 Å². The number of nitrogens with zero attached hydrogens (tertiary/aromatic N) is 1. The highest BCUT2D eigenvalue weighted by molar-refractivity contribution is 9.10. The van der Waals surface area contributed by atoms with E-state index in [1.54, 1.807) is 44.2 Å². The number of rotatable bonds is 6. The molecule has 1 saturated heterocycles. The van der Waals surface area contributed by atoms with Crippen LogP contribution < -0.4 is 0 Å². The number of carbonyl (C=O) groups excluding carboxylic acids is 4. The van der Waals surface area contributed by atoms with Gasteiger partial charge in [-0.25, -0.2) is 4.79 Å². The zero-order valence-corrected chi connectivity index (χ0v) is 24.4. The lowest BCUT2D eigenvalue weighted by atomic mass is 9.54. The number of ether oxygens (including phenoxy) is 1. The number of esters is 1. The molecule has 1 heterocycles. The number of amides is 2. The summed E-state index contributed by atoms with van der Waals surface area (Å²) in [5.41, 5.74) is 4.09. The van der Waals surface area contributed by atoms with Gasteiger partial charge < -0.3 is 4.74 Å². The molecule has 2 bridgehead atoms. The normalized spacial score (nSPS) is 27.2. The molecule has 1 aliphatic heterocycles. The van der Waals surface area contributed by atoms with Gasteiger partial charge in [0, 0.05) is 5.56 Å². The van der Waals surface area contributed by atoms with Crippen molar-refractivity contribution in [3.63, 3.8) is 0 Å². The maximum absolute atomic E-state index is 14.3. The van der Waals surface area contributed by atoms with Gasteiger partial charge in [-0.05, 0) is 28.2 Å². The van der Waals surface area contributed by atoms with Crippen molar-refractivity contribution in [3.8, 4) is 0 Å². The van der Waals surface area contributed by atoms with Crippen LogP contribution in [0, 0.1) is 17.8 Å². The number of likely N-dealkylation sites (tertiary alicyclic amines) is 1. The molecule has 0 N–H and O–H groups in total. The van der Waals surface area contributed by atoms with E-state index in [0.29, 0.717) is 5.56 Å². The van der Waals surface area contributed by atoms with Crippen LogP contribution in [0.4, 0.5) is 0 Å². The number of hydrogen-bond acceptors (Lipinski definition) is 5. The highest BCUT2D eigenvalue weighted by atomic mass is 79.9. The lowest BCUT2D eigenvalue weighted by Gasteiger charge is -2.55. The number of carbonyl (C=O) groups is 4. The summed E-state index contributed by atoms with van der Waals surface area (Å²) in [5, 5.41) is 0. The monoisotopic (exact) mass is 649 g/mol. The maximum atomic E-state index is 14.3. The summed E-state index contributed by atoms with van der Waals surface area (Å²) in [7, 11) is 0. The average Bonchev–Trinajstić information content (AvgIpc) is 3.21. The Morgan fingerprint density at radius 1 is 0.769 bits per heavy atom. The van der Waals surface area contributed by atoms with Crippen LogP contribution in [-0.2, 0) is 27.8 Å². The SMILES string of the molecule is CC(C)[C@@H](C(=O)OCC(=O)c1ccccc1)N1C(=O)[C@@H]2[C@H](C1=O)C1(Br)c3ccccc3C2(Br)c2ccccc21. The van der Waals surface area contributed by atoms with Crippen molar-refractivity contribution in [1.82, 2.24) is 4.90 Å². The number of Topliss-reactive ketones (excluding diaryl/α,β-unsaturated/α-hetero) is 1. The van der Waals surface area contributed by atoms with E-state index in [1.165, 1.54) is 0 Å². The van der Waals surface area contributed by atoms with E-state index in [2.05, 4.69) is 31.9 Å². The minimum Gasteiger partial charge on any atom is -0.456 e. The van der Waals surface area contributed by atoms with Crippen LogP contribution in [0.3, 0.4) is 0 Å². The van der Waals surface area contributed by atoms with Gasteiger partial charge in [-0.15, -0.1) is 0 Å². The third kappa shape index (κ3) is 3.50. The highest BCUT2D eigenvalue weighted by Gasteiger charge is 2.73. The van der Waals surface area contributed by atoms with E-state index in [0.717, 1.165) is 27.2 Å². The minimum absolute atomic E-state index is 0.359. The first-order valence-electron chi connectivity index (χ1n) is 12.8. The summed E-state index contributed by atoms with van der Waals surface area (Å²) in [4.78, 5) is 55.7. The van der Waals surface area contributed by atoms with Gasteiger partial charge in [-0.2, -0.15) is 0 Å². The van der Waals surface area contributed by atoms with Crippen LogP contribution in [0.5, 0.6) is 0 Å². The summed E-state index contributed by atoms with van der Waals surface area (Å²) < 4.78 is 3.53. The topological polar surface area (TPSA) is 80.8 Å². The van der Waals surface area contributed by atoms with E-state index in [4.69, 9.17) is 4.74 Å². The third-order valence-electron chi connectivity index (χ3n) is 8.21.